The van der Waals surface area contributed by atoms with Crippen LogP contribution in [0, 0.1) is 20.2 Å². The van der Waals surface area contributed by atoms with Crippen LogP contribution in [-0.2, 0) is 0 Å². The van der Waals surface area contributed by atoms with Crippen LogP contribution in [0.2, 0.25) is 0 Å². The number of nitrogens with one attached hydrogen (secondary N) is 1. The number of nitro benzene ring substituents is 1. The minimum absolute atomic E-state index is 0.0368. The monoisotopic (exact) mass is 311 g/mol. The fourth-order valence-electron chi connectivity index (χ4n) is 2.64. The highest BCUT2D eigenvalue weighted by Crippen LogP contribution is 2.28. The summed E-state index contributed by atoms with van der Waals surface area (Å²) in [4.78, 5) is 24.1. The molecule has 0 aliphatic rings. The van der Waals surface area contributed by atoms with E-state index < -0.39 is 10.8 Å². The van der Waals surface area contributed by atoms with Gasteiger partial charge in [-0.3, -0.25) is 20.2 Å². The van der Waals surface area contributed by atoms with E-state index in [1.165, 1.54) is 12.1 Å². The molecule has 1 N–H and O–H groups in total. The molecule has 0 radical (unpaired) electrons. The zero-order valence-corrected chi connectivity index (χ0v) is 12.0. The predicted molar refractivity (Wildman–Crippen MR) is 85.1 cm³/mol. The average molecular weight is 311 g/mol. The molecule has 23 heavy (non-hydrogen) atoms. The van der Waals surface area contributed by atoms with E-state index in [-0.39, 0.29) is 17.2 Å². The number of nitrogens with zero attached hydrogens (tertiary/aromatic N) is 2. The first-order valence-electron chi connectivity index (χ1n) is 6.98. The number of para-hydroxylation sites is 1. The lowest BCUT2D eigenvalue weighted by molar-refractivity contribution is -0.481. The van der Waals surface area contributed by atoms with E-state index in [9.17, 15) is 20.2 Å². The summed E-state index contributed by atoms with van der Waals surface area (Å²) < 4.78 is 0. The number of non-ortho nitro benzene ring substituents is 1. The zero-order chi connectivity index (χ0) is 16.4. The molecular formula is C16H13N3O4. The maximum absolute atomic E-state index is 11.0. The molecule has 1 heterocycles. The van der Waals surface area contributed by atoms with Gasteiger partial charge in [-0.05, 0) is 23.1 Å². The Hall–Kier alpha value is -3.22. The number of benzene rings is 2. The summed E-state index contributed by atoms with van der Waals surface area (Å²) in [6, 6.07) is 15.4. The lowest BCUT2D eigenvalue weighted by atomic mass is 9.95. The first-order valence-corrected chi connectivity index (χ1v) is 6.98. The maximum atomic E-state index is 11.0. The summed E-state index contributed by atoms with van der Waals surface area (Å²) in [7, 11) is 0. The van der Waals surface area contributed by atoms with Gasteiger partial charge in [-0.2, -0.15) is 0 Å². The molecule has 1 unspecified atom stereocenters. The average Bonchev–Trinajstić information content (AvgIpc) is 2.96. The van der Waals surface area contributed by atoms with Crippen molar-refractivity contribution in [3.05, 3.63) is 86.1 Å². The molecule has 1 atom stereocenters. The molecule has 116 valence electrons. The molecule has 7 nitrogen and oxygen atoms in total. The molecular weight excluding hydrogens is 298 g/mol. The number of nitro groups is 2. The van der Waals surface area contributed by atoms with Crippen LogP contribution in [0.25, 0.3) is 10.9 Å². The smallest absolute Gasteiger partial charge is 0.269 e. The van der Waals surface area contributed by atoms with Gasteiger partial charge in [-0.15, -0.1) is 0 Å². The van der Waals surface area contributed by atoms with Crippen molar-refractivity contribution < 1.29 is 9.85 Å². The minimum Gasteiger partial charge on any atom is -0.358 e. The summed E-state index contributed by atoms with van der Waals surface area (Å²) in [5, 5.41) is 22.7. The summed E-state index contributed by atoms with van der Waals surface area (Å²) in [6.07, 6.45) is 0. The van der Waals surface area contributed by atoms with Gasteiger partial charge in [0.2, 0.25) is 6.54 Å². The van der Waals surface area contributed by atoms with E-state index in [1.54, 1.807) is 12.1 Å². The largest absolute Gasteiger partial charge is 0.358 e. The Morgan fingerprint density at radius 3 is 2.30 bits per heavy atom. The molecule has 2 aromatic carbocycles. The molecule has 3 aromatic rings. The van der Waals surface area contributed by atoms with Crippen molar-refractivity contribution in [2.75, 3.05) is 6.54 Å². The van der Waals surface area contributed by atoms with E-state index in [2.05, 4.69) is 4.98 Å². The van der Waals surface area contributed by atoms with Crippen molar-refractivity contribution >= 4 is 16.6 Å². The Morgan fingerprint density at radius 2 is 1.70 bits per heavy atom. The molecule has 1 aromatic heterocycles. The van der Waals surface area contributed by atoms with Gasteiger partial charge in [0.1, 0.15) is 0 Å². The molecule has 0 aliphatic carbocycles. The third kappa shape index (κ3) is 3.03. The Labute approximate surface area is 130 Å². The topological polar surface area (TPSA) is 102 Å². The van der Waals surface area contributed by atoms with Crippen molar-refractivity contribution in [1.29, 1.82) is 0 Å². The SMILES string of the molecule is O=[N+]([O-])CC(c1ccc([N+](=O)[O-])cc1)c1cc2ccccc2[nH]1. The quantitative estimate of drug-likeness (QED) is 0.575. The maximum Gasteiger partial charge on any atom is 0.269 e. The van der Waals surface area contributed by atoms with Gasteiger partial charge in [0.05, 0.1) is 10.8 Å². The van der Waals surface area contributed by atoms with Gasteiger partial charge in [0.25, 0.3) is 5.69 Å². The highest BCUT2D eigenvalue weighted by atomic mass is 16.6. The third-order valence-corrected chi connectivity index (χ3v) is 3.76. The number of hydrogen-bond acceptors (Lipinski definition) is 4. The summed E-state index contributed by atoms with van der Waals surface area (Å²) >= 11 is 0. The second-order valence-corrected chi connectivity index (χ2v) is 5.23. The molecule has 7 heteroatoms. The Kier molecular flexibility index (Phi) is 3.76. The Balaban J connectivity index is 2.03. The minimum atomic E-state index is -0.491. The van der Waals surface area contributed by atoms with Crippen LogP contribution < -0.4 is 0 Å². The summed E-state index contributed by atoms with van der Waals surface area (Å²) in [6.45, 7) is -0.287. The fourth-order valence-corrected chi connectivity index (χ4v) is 2.64. The van der Waals surface area contributed by atoms with Gasteiger partial charge in [-0.1, -0.05) is 30.3 Å². The second-order valence-electron chi connectivity index (χ2n) is 5.23. The summed E-state index contributed by atoms with van der Waals surface area (Å²) in [5.41, 5.74) is 2.25. The van der Waals surface area contributed by atoms with Crippen LogP contribution in [0.15, 0.2) is 54.6 Å². The first kappa shape index (κ1) is 14.7. The van der Waals surface area contributed by atoms with Crippen molar-refractivity contribution in [1.82, 2.24) is 4.98 Å². The molecule has 0 saturated carbocycles. The van der Waals surface area contributed by atoms with Gasteiger partial charge < -0.3 is 4.98 Å². The lowest BCUT2D eigenvalue weighted by Crippen LogP contribution is -2.14. The van der Waals surface area contributed by atoms with E-state index in [0.29, 0.717) is 5.56 Å². The summed E-state index contributed by atoms with van der Waals surface area (Å²) in [5.74, 6) is -0.488. The molecule has 0 bridgehead atoms. The number of hydrogen-bond donors (Lipinski definition) is 1. The number of aromatic nitrogens is 1. The van der Waals surface area contributed by atoms with Crippen LogP contribution in [0.3, 0.4) is 0 Å². The van der Waals surface area contributed by atoms with Gasteiger partial charge in [0, 0.05) is 28.3 Å². The highest BCUT2D eigenvalue weighted by Gasteiger charge is 2.22. The number of fused-ring (bicyclic) bond motifs is 1. The zero-order valence-electron chi connectivity index (χ0n) is 12.0. The lowest BCUT2D eigenvalue weighted by Gasteiger charge is -2.11. The first-order chi connectivity index (χ1) is 11.0. The van der Waals surface area contributed by atoms with Crippen molar-refractivity contribution in [2.24, 2.45) is 0 Å². The molecule has 3 rings (SSSR count). The van der Waals surface area contributed by atoms with Crippen LogP contribution in [0.5, 0.6) is 0 Å². The second kappa shape index (κ2) is 5.88. The molecule has 0 aliphatic heterocycles. The van der Waals surface area contributed by atoms with Crippen LogP contribution >= 0.6 is 0 Å². The van der Waals surface area contributed by atoms with Crippen LogP contribution in [0.1, 0.15) is 17.2 Å². The highest BCUT2D eigenvalue weighted by molar-refractivity contribution is 5.80. The van der Waals surface area contributed by atoms with Gasteiger partial charge in [-0.25, -0.2) is 0 Å². The van der Waals surface area contributed by atoms with E-state index in [0.717, 1.165) is 16.6 Å². The number of H-pyrrole nitrogens is 1. The fraction of sp³-hybridized carbons (Fsp3) is 0.125. The van der Waals surface area contributed by atoms with Gasteiger partial charge in [0.15, 0.2) is 0 Å². The van der Waals surface area contributed by atoms with Crippen LogP contribution in [-0.4, -0.2) is 21.4 Å². The van der Waals surface area contributed by atoms with Crippen molar-refractivity contribution in [2.45, 2.75) is 5.92 Å². The Morgan fingerprint density at radius 1 is 1.00 bits per heavy atom. The number of rotatable bonds is 5. The third-order valence-electron chi connectivity index (χ3n) is 3.76. The van der Waals surface area contributed by atoms with Crippen LogP contribution in [0.4, 0.5) is 5.69 Å². The molecule has 0 saturated heterocycles. The predicted octanol–water partition coefficient (Wildman–Crippen LogP) is 3.48. The van der Waals surface area contributed by atoms with E-state index >= 15 is 0 Å². The van der Waals surface area contributed by atoms with Crippen molar-refractivity contribution in [3.8, 4) is 0 Å². The van der Waals surface area contributed by atoms with Crippen molar-refractivity contribution in [3.63, 3.8) is 0 Å². The normalized spacial score (nSPS) is 12.2. The van der Waals surface area contributed by atoms with E-state index in [4.69, 9.17) is 0 Å². The van der Waals surface area contributed by atoms with E-state index in [1.807, 2.05) is 30.3 Å². The Bertz CT molecular complexity index is 837. The standard InChI is InChI=1S/C16H13N3O4/c20-18(21)10-14(11-5-7-13(8-6-11)19(22)23)16-9-12-3-1-2-4-15(12)17-16/h1-9,14,17H,10H2. The molecule has 0 fully saturated rings. The molecule has 0 spiro atoms. The number of aromatic amines is 1. The van der Waals surface area contributed by atoms with Gasteiger partial charge >= 0.3 is 0 Å². The molecule has 0 amide bonds.